The predicted octanol–water partition coefficient (Wildman–Crippen LogP) is 3.10. The molecule has 1 rings (SSSR count). The molecule has 0 bridgehead atoms. The summed E-state index contributed by atoms with van der Waals surface area (Å²) in [6.45, 7) is 7.13. The van der Waals surface area contributed by atoms with Gasteiger partial charge in [-0.1, -0.05) is 43.4 Å². The Labute approximate surface area is 71.5 Å². The Morgan fingerprint density at radius 2 is 1.67 bits per heavy atom. The summed E-state index contributed by atoms with van der Waals surface area (Å²) in [5, 5.41) is 0. The minimum atomic E-state index is 0.928. The lowest BCUT2D eigenvalue weighted by Crippen LogP contribution is -2.10. The van der Waals surface area contributed by atoms with E-state index >= 15 is 0 Å². The maximum absolute atomic E-state index is 2.60. The fourth-order valence-corrected chi connectivity index (χ4v) is 2.77. The van der Waals surface area contributed by atoms with Crippen molar-refractivity contribution in [2.45, 2.75) is 31.1 Å². The monoisotopic (exact) mass is 238 g/mol. The van der Waals surface area contributed by atoms with Gasteiger partial charge in [0.25, 0.3) is 0 Å². The van der Waals surface area contributed by atoms with E-state index in [-0.39, 0.29) is 0 Å². The van der Waals surface area contributed by atoms with Crippen molar-refractivity contribution in [3.8, 4) is 0 Å². The van der Waals surface area contributed by atoms with Gasteiger partial charge in [0.15, 0.2) is 0 Å². The molecule has 1 heteroatoms. The van der Waals surface area contributed by atoms with Crippen LogP contribution in [0.5, 0.6) is 0 Å². The van der Waals surface area contributed by atoms with Gasteiger partial charge in [0.1, 0.15) is 0 Å². The van der Waals surface area contributed by atoms with Crippen LogP contribution in [0.2, 0.25) is 0 Å². The lowest BCUT2D eigenvalue weighted by atomic mass is 10.0. The second-order valence-electron chi connectivity index (χ2n) is 3.49. The van der Waals surface area contributed by atoms with Gasteiger partial charge < -0.3 is 0 Å². The van der Waals surface area contributed by atoms with Crippen LogP contribution in [0.15, 0.2) is 0 Å². The molecule has 9 heavy (non-hydrogen) atoms. The van der Waals surface area contributed by atoms with Crippen LogP contribution < -0.4 is 0 Å². The number of hydrogen-bond acceptors (Lipinski definition) is 0. The molecule has 0 spiro atoms. The molecule has 0 aliphatic heterocycles. The zero-order chi connectivity index (χ0) is 7.02. The Balaban J connectivity index is 2.54. The van der Waals surface area contributed by atoms with E-state index in [4.69, 9.17) is 0 Å². The van der Waals surface area contributed by atoms with Gasteiger partial charge in [0.05, 0.1) is 0 Å². The van der Waals surface area contributed by atoms with Gasteiger partial charge in [-0.15, -0.1) is 0 Å². The second-order valence-corrected chi connectivity index (χ2v) is 4.93. The Hall–Kier alpha value is 0.730. The van der Waals surface area contributed by atoms with E-state index in [1.807, 2.05) is 0 Å². The summed E-state index contributed by atoms with van der Waals surface area (Å²) < 4.78 is 0.928. The summed E-state index contributed by atoms with van der Waals surface area (Å²) in [5.74, 6) is 2.86. The number of halogens is 1. The fourth-order valence-electron chi connectivity index (χ4n) is 1.76. The molecule has 0 radical (unpaired) electrons. The average Bonchev–Trinajstić information content (AvgIpc) is 1.98. The zero-order valence-corrected chi connectivity index (χ0v) is 8.55. The van der Waals surface area contributed by atoms with Gasteiger partial charge in [0, 0.05) is 3.92 Å². The third kappa shape index (κ3) is 1.41. The van der Waals surface area contributed by atoms with Crippen molar-refractivity contribution in [1.82, 2.24) is 0 Å². The van der Waals surface area contributed by atoms with Crippen molar-refractivity contribution in [3.63, 3.8) is 0 Å². The molecular formula is C8H15I. The van der Waals surface area contributed by atoms with Gasteiger partial charge in [-0.3, -0.25) is 0 Å². The van der Waals surface area contributed by atoms with Gasteiger partial charge >= 0.3 is 0 Å². The van der Waals surface area contributed by atoms with Crippen LogP contribution >= 0.6 is 22.6 Å². The molecule has 3 unspecified atom stereocenters. The number of alkyl halides is 1. The average molecular weight is 238 g/mol. The minimum Gasteiger partial charge on any atom is -0.0820 e. The van der Waals surface area contributed by atoms with Gasteiger partial charge in [0.2, 0.25) is 0 Å². The van der Waals surface area contributed by atoms with E-state index in [1.54, 1.807) is 0 Å². The topological polar surface area (TPSA) is 0 Å². The standard InChI is InChI=1S/C8H15I/c1-5-4-6(2)8(9)7(5)3/h5-8H,4H2,1-3H3/t5?,6?,7-,8?/m0/s1. The van der Waals surface area contributed by atoms with Crippen molar-refractivity contribution in [2.24, 2.45) is 17.8 Å². The van der Waals surface area contributed by atoms with Crippen molar-refractivity contribution in [2.75, 3.05) is 0 Å². The highest BCUT2D eigenvalue weighted by Gasteiger charge is 2.33. The molecule has 1 aliphatic carbocycles. The first kappa shape index (κ1) is 7.83. The first-order chi connectivity index (χ1) is 4.13. The Bertz CT molecular complexity index is 88.7. The van der Waals surface area contributed by atoms with Crippen LogP contribution in [0, 0.1) is 17.8 Å². The van der Waals surface area contributed by atoms with Crippen LogP contribution in [-0.4, -0.2) is 3.92 Å². The Morgan fingerprint density at radius 3 is 1.78 bits per heavy atom. The van der Waals surface area contributed by atoms with Crippen LogP contribution in [0.4, 0.5) is 0 Å². The van der Waals surface area contributed by atoms with E-state index in [1.165, 1.54) is 6.42 Å². The van der Waals surface area contributed by atoms with Crippen LogP contribution in [0.1, 0.15) is 27.2 Å². The molecule has 1 fully saturated rings. The SMILES string of the molecule is CC1CC(C)[C@H](C)C1I. The first-order valence-corrected chi connectivity index (χ1v) is 5.01. The van der Waals surface area contributed by atoms with Crippen LogP contribution in [0.3, 0.4) is 0 Å². The predicted molar refractivity (Wildman–Crippen MR) is 49.9 cm³/mol. The summed E-state index contributed by atoms with van der Waals surface area (Å²) in [4.78, 5) is 0. The quantitative estimate of drug-likeness (QED) is 0.449. The summed E-state index contributed by atoms with van der Waals surface area (Å²) in [6, 6.07) is 0. The van der Waals surface area contributed by atoms with Crippen LogP contribution in [0.25, 0.3) is 0 Å². The molecule has 0 aromatic heterocycles. The summed E-state index contributed by atoms with van der Waals surface area (Å²) in [5.41, 5.74) is 0. The molecular weight excluding hydrogens is 223 g/mol. The van der Waals surface area contributed by atoms with Gasteiger partial charge in [-0.05, 0) is 24.2 Å². The van der Waals surface area contributed by atoms with Crippen molar-refractivity contribution in [3.05, 3.63) is 0 Å². The third-order valence-corrected chi connectivity index (χ3v) is 5.05. The molecule has 0 aromatic rings. The highest BCUT2D eigenvalue weighted by molar-refractivity contribution is 14.1. The van der Waals surface area contributed by atoms with Crippen LogP contribution in [-0.2, 0) is 0 Å². The normalized spacial score (nSPS) is 52.0. The lowest BCUT2D eigenvalue weighted by molar-refractivity contribution is 0.467. The van der Waals surface area contributed by atoms with Gasteiger partial charge in [-0.25, -0.2) is 0 Å². The van der Waals surface area contributed by atoms with E-state index in [9.17, 15) is 0 Å². The molecule has 1 saturated carbocycles. The third-order valence-electron chi connectivity index (χ3n) is 2.69. The fraction of sp³-hybridized carbons (Fsp3) is 1.00. The molecule has 0 heterocycles. The second kappa shape index (κ2) is 2.77. The number of rotatable bonds is 0. The van der Waals surface area contributed by atoms with Gasteiger partial charge in [-0.2, -0.15) is 0 Å². The van der Waals surface area contributed by atoms with E-state index < -0.39 is 0 Å². The summed E-state index contributed by atoms with van der Waals surface area (Å²) in [7, 11) is 0. The maximum atomic E-state index is 2.60. The summed E-state index contributed by atoms with van der Waals surface area (Å²) >= 11 is 2.60. The lowest BCUT2D eigenvalue weighted by Gasteiger charge is -2.12. The molecule has 0 saturated heterocycles. The molecule has 0 aromatic carbocycles. The largest absolute Gasteiger partial charge is 0.0820 e. The van der Waals surface area contributed by atoms with Crippen molar-refractivity contribution < 1.29 is 0 Å². The first-order valence-electron chi connectivity index (χ1n) is 3.77. The molecule has 0 N–H and O–H groups in total. The highest BCUT2D eigenvalue weighted by atomic mass is 127. The summed E-state index contributed by atoms with van der Waals surface area (Å²) in [6.07, 6.45) is 1.44. The van der Waals surface area contributed by atoms with E-state index in [0.29, 0.717) is 0 Å². The highest BCUT2D eigenvalue weighted by Crippen LogP contribution is 2.40. The Morgan fingerprint density at radius 1 is 1.11 bits per heavy atom. The smallest absolute Gasteiger partial charge is 0.0163 e. The molecule has 1 aliphatic rings. The van der Waals surface area contributed by atoms with E-state index in [2.05, 4.69) is 43.4 Å². The van der Waals surface area contributed by atoms with Crippen molar-refractivity contribution in [1.29, 1.82) is 0 Å². The minimum absolute atomic E-state index is 0.928. The zero-order valence-electron chi connectivity index (χ0n) is 6.39. The molecule has 0 nitrogen and oxygen atoms in total. The molecule has 54 valence electrons. The van der Waals surface area contributed by atoms with E-state index in [0.717, 1.165) is 21.7 Å². The molecule has 0 amide bonds. The Kier molecular flexibility index (Phi) is 2.41. The molecule has 4 atom stereocenters. The number of hydrogen-bond donors (Lipinski definition) is 0. The van der Waals surface area contributed by atoms with Crippen molar-refractivity contribution >= 4 is 22.6 Å². The maximum Gasteiger partial charge on any atom is 0.0163 e.